The number of hydrogen-bond acceptors (Lipinski definition) is 9. The first kappa shape index (κ1) is 23.8. The third-order valence-corrected chi connectivity index (χ3v) is 9.12. The summed E-state index contributed by atoms with van der Waals surface area (Å²) in [5.41, 5.74) is 3.65. The van der Waals surface area contributed by atoms with E-state index in [0.29, 0.717) is 51.5 Å². The third-order valence-electron chi connectivity index (χ3n) is 7.40. The van der Waals surface area contributed by atoms with Crippen LogP contribution >= 0.6 is 0 Å². The van der Waals surface area contributed by atoms with Crippen molar-refractivity contribution in [3.05, 3.63) is 17.5 Å². The molecule has 1 saturated heterocycles. The van der Waals surface area contributed by atoms with Crippen LogP contribution in [0.3, 0.4) is 0 Å². The van der Waals surface area contributed by atoms with Crippen LogP contribution in [0.2, 0.25) is 0 Å². The number of nitrogens with zero attached hydrogens (tertiary/aromatic N) is 4. The smallest absolute Gasteiger partial charge is 0.450 e. The molecule has 35 heavy (non-hydrogen) atoms. The maximum absolute atomic E-state index is 12.0. The van der Waals surface area contributed by atoms with Gasteiger partial charge in [-0.1, -0.05) is 5.16 Å². The molecule has 190 valence electrons. The summed E-state index contributed by atoms with van der Waals surface area (Å²) in [7, 11) is -2.97. The molecule has 0 amide bonds. The second kappa shape index (κ2) is 8.96. The van der Waals surface area contributed by atoms with Gasteiger partial charge in [0, 0.05) is 30.8 Å². The molecule has 1 spiro atoms. The Hall–Kier alpha value is -2.89. The molecule has 5 rings (SSSR count). The zero-order valence-electron chi connectivity index (χ0n) is 20.0. The number of anilines is 1. The summed E-state index contributed by atoms with van der Waals surface area (Å²) < 4.78 is 30.7. The molecule has 2 fully saturated rings. The fourth-order valence-electron chi connectivity index (χ4n) is 5.46. The molecule has 2 aliphatic heterocycles. The lowest BCUT2D eigenvalue weighted by Crippen LogP contribution is -2.37. The van der Waals surface area contributed by atoms with Crippen LogP contribution in [0, 0.1) is 6.92 Å². The number of aromatic nitrogens is 3. The lowest BCUT2D eigenvalue weighted by molar-refractivity contribution is -0.0738. The maximum atomic E-state index is 12.0. The normalized spacial score (nSPS) is 22.2. The standard InChI is InChI=1S/C23H31N5O6S/c1-3-28-21-19(14(2)26-28)20(25-15-6-10-35(31,32)11-7-15)17(13-24-21)18-12-23(34-27-18)8-4-16(5-9-23)33-22(29)30/h13,15-16H,3-12H2,1-2H3,(H,24,25)(H,29,30). The highest BCUT2D eigenvalue weighted by molar-refractivity contribution is 7.91. The number of nitrogens with one attached hydrogen (secondary N) is 1. The van der Waals surface area contributed by atoms with Crippen LogP contribution in [0.5, 0.6) is 0 Å². The van der Waals surface area contributed by atoms with Gasteiger partial charge in [0.15, 0.2) is 5.65 Å². The van der Waals surface area contributed by atoms with Gasteiger partial charge in [0.2, 0.25) is 0 Å². The highest BCUT2D eigenvalue weighted by atomic mass is 32.2. The van der Waals surface area contributed by atoms with Gasteiger partial charge in [-0.15, -0.1) is 0 Å². The number of aryl methyl sites for hydroxylation is 2. The van der Waals surface area contributed by atoms with Crippen molar-refractivity contribution in [2.45, 2.75) is 83.1 Å². The number of ether oxygens (including phenoxy) is 1. The first-order valence-corrected chi connectivity index (χ1v) is 14.0. The van der Waals surface area contributed by atoms with Gasteiger partial charge in [0.05, 0.1) is 34.0 Å². The molecule has 0 bridgehead atoms. The monoisotopic (exact) mass is 505 g/mol. The van der Waals surface area contributed by atoms with Crippen molar-refractivity contribution >= 4 is 38.4 Å². The summed E-state index contributed by atoms with van der Waals surface area (Å²) in [6.45, 7) is 4.66. The van der Waals surface area contributed by atoms with E-state index in [1.807, 2.05) is 18.5 Å². The van der Waals surface area contributed by atoms with E-state index in [1.54, 1.807) is 6.20 Å². The molecular weight excluding hydrogens is 474 g/mol. The molecule has 12 heteroatoms. The van der Waals surface area contributed by atoms with Crippen molar-refractivity contribution in [3.8, 4) is 0 Å². The van der Waals surface area contributed by atoms with Crippen LogP contribution in [-0.4, -0.2) is 69.4 Å². The summed E-state index contributed by atoms with van der Waals surface area (Å²) in [6.07, 6.45) is 4.43. The second-order valence-electron chi connectivity index (χ2n) is 9.79. The highest BCUT2D eigenvalue weighted by Crippen LogP contribution is 2.42. The Morgan fingerprint density at radius 3 is 2.66 bits per heavy atom. The average Bonchev–Trinajstić information content (AvgIpc) is 3.38. The van der Waals surface area contributed by atoms with E-state index in [9.17, 15) is 13.2 Å². The third kappa shape index (κ3) is 4.67. The number of carboxylic acid groups (broad SMARTS) is 1. The number of hydrogen-bond donors (Lipinski definition) is 2. The molecule has 2 aromatic rings. The van der Waals surface area contributed by atoms with Crippen molar-refractivity contribution in [2.75, 3.05) is 16.8 Å². The lowest BCUT2D eigenvalue weighted by atomic mass is 9.79. The molecule has 0 radical (unpaired) electrons. The Kier molecular flexibility index (Phi) is 6.10. The SMILES string of the molecule is CCn1nc(C)c2c(NC3CCS(=O)(=O)CC3)c(C3=NOC4(CCC(OC(=O)O)CC4)C3)cnc21. The van der Waals surface area contributed by atoms with Gasteiger partial charge < -0.3 is 20.0 Å². The fraction of sp³-hybridized carbons (Fsp3) is 0.652. The van der Waals surface area contributed by atoms with E-state index in [4.69, 9.17) is 19.7 Å². The summed E-state index contributed by atoms with van der Waals surface area (Å²) in [6, 6.07) is 0.0211. The lowest BCUT2D eigenvalue weighted by Gasteiger charge is -2.34. The van der Waals surface area contributed by atoms with E-state index in [2.05, 4.69) is 15.6 Å². The van der Waals surface area contributed by atoms with Crippen molar-refractivity contribution in [1.82, 2.24) is 14.8 Å². The summed E-state index contributed by atoms with van der Waals surface area (Å²) in [5, 5.41) is 22.6. The van der Waals surface area contributed by atoms with E-state index in [0.717, 1.165) is 33.7 Å². The van der Waals surface area contributed by atoms with Crippen molar-refractivity contribution < 1.29 is 27.9 Å². The molecule has 0 aromatic carbocycles. The van der Waals surface area contributed by atoms with E-state index >= 15 is 0 Å². The van der Waals surface area contributed by atoms with Gasteiger partial charge in [-0.3, -0.25) is 0 Å². The molecule has 0 atom stereocenters. The molecular formula is C23H31N5O6S. The Balaban J connectivity index is 1.44. The Labute approximate surface area is 203 Å². The van der Waals surface area contributed by atoms with Crippen LogP contribution < -0.4 is 5.32 Å². The molecule has 2 N–H and O–H groups in total. The maximum Gasteiger partial charge on any atom is 0.506 e. The number of fused-ring (bicyclic) bond motifs is 1. The van der Waals surface area contributed by atoms with E-state index in [-0.39, 0.29) is 23.7 Å². The minimum atomic E-state index is -2.97. The zero-order chi connectivity index (χ0) is 24.8. The quantitative estimate of drug-likeness (QED) is 0.585. The van der Waals surface area contributed by atoms with Gasteiger partial charge in [0.25, 0.3) is 0 Å². The number of oxime groups is 1. The van der Waals surface area contributed by atoms with Crippen LogP contribution in [0.1, 0.15) is 63.1 Å². The summed E-state index contributed by atoms with van der Waals surface area (Å²) in [4.78, 5) is 21.6. The largest absolute Gasteiger partial charge is 0.506 e. The summed E-state index contributed by atoms with van der Waals surface area (Å²) >= 11 is 0. The number of pyridine rings is 1. The van der Waals surface area contributed by atoms with E-state index in [1.165, 1.54) is 0 Å². The molecule has 11 nitrogen and oxygen atoms in total. The fourth-order valence-corrected chi connectivity index (χ4v) is 6.95. The first-order valence-electron chi connectivity index (χ1n) is 12.2. The van der Waals surface area contributed by atoms with Gasteiger partial charge in [0.1, 0.15) is 21.5 Å². The molecule has 3 aliphatic rings. The van der Waals surface area contributed by atoms with Crippen LogP contribution in [0.15, 0.2) is 11.4 Å². The van der Waals surface area contributed by atoms with Crippen LogP contribution in [0.4, 0.5) is 10.5 Å². The van der Waals surface area contributed by atoms with Gasteiger partial charge in [-0.05, 0) is 52.4 Å². The van der Waals surface area contributed by atoms with Crippen LogP contribution in [0.25, 0.3) is 11.0 Å². The molecule has 1 aliphatic carbocycles. The Morgan fingerprint density at radius 2 is 2.00 bits per heavy atom. The summed E-state index contributed by atoms with van der Waals surface area (Å²) in [5.74, 6) is 0.350. The topological polar surface area (TPSA) is 145 Å². The van der Waals surface area contributed by atoms with Crippen molar-refractivity contribution in [3.63, 3.8) is 0 Å². The molecule has 0 unspecified atom stereocenters. The molecule has 4 heterocycles. The number of sulfone groups is 1. The second-order valence-corrected chi connectivity index (χ2v) is 12.1. The predicted molar refractivity (Wildman–Crippen MR) is 130 cm³/mol. The van der Waals surface area contributed by atoms with Crippen molar-refractivity contribution in [2.24, 2.45) is 5.16 Å². The van der Waals surface area contributed by atoms with Gasteiger partial charge in [-0.25, -0.2) is 22.9 Å². The molecule has 1 saturated carbocycles. The first-order chi connectivity index (χ1) is 16.7. The predicted octanol–water partition coefficient (Wildman–Crippen LogP) is 3.25. The zero-order valence-corrected chi connectivity index (χ0v) is 20.8. The molecule has 2 aromatic heterocycles. The minimum absolute atomic E-state index is 0.0211. The van der Waals surface area contributed by atoms with Gasteiger partial charge in [-0.2, -0.15) is 5.10 Å². The highest BCUT2D eigenvalue weighted by Gasteiger charge is 2.44. The Morgan fingerprint density at radius 1 is 1.29 bits per heavy atom. The number of rotatable bonds is 5. The average molecular weight is 506 g/mol. The van der Waals surface area contributed by atoms with Gasteiger partial charge >= 0.3 is 6.16 Å². The number of carbonyl (C=O) groups is 1. The van der Waals surface area contributed by atoms with Crippen molar-refractivity contribution in [1.29, 1.82) is 0 Å². The van der Waals surface area contributed by atoms with E-state index < -0.39 is 21.6 Å². The Bertz CT molecular complexity index is 1270. The van der Waals surface area contributed by atoms with Crippen LogP contribution in [-0.2, 0) is 26.0 Å². The minimum Gasteiger partial charge on any atom is -0.450 e.